The number of pyridine rings is 1. The maximum absolute atomic E-state index is 11.8. The molecule has 2 amide bonds. The number of aromatic nitrogens is 3. The van der Waals surface area contributed by atoms with E-state index in [9.17, 15) is 14.4 Å². The van der Waals surface area contributed by atoms with E-state index in [-0.39, 0.29) is 23.7 Å². The Balaban J connectivity index is 1.90. The molecule has 2 heterocycles. The van der Waals surface area contributed by atoms with Gasteiger partial charge in [0.15, 0.2) is 0 Å². The van der Waals surface area contributed by atoms with Gasteiger partial charge in [-0.2, -0.15) is 5.10 Å². The van der Waals surface area contributed by atoms with E-state index < -0.39 is 5.91 Å². The second-order valence-electron chi connectivity index (χ2n) is 4.15. The van der Waals surface area contributed by atoms with Gasteiger partial charge in [-0.05, 0) is 18.2 Å². The Bertz CT molecular complexity index is 711. The highest BCUT2D eigenvalue weighted by Crippen LogP contribution is 2.01. The number of hydrogen-bond acceptors (Lipinski definition) is 5. The summed E-state index contributed by atoms with van der Waals surface area (Å²) in [6, 6.07) is 5.90. The summed E-state index contributed by atoms with van der Waals surface area (Å²) in [5.41, 5.74) is 0.282. The van der Waals surface area contributed by atoms with Gasteiger partial charge in [0.1, 0.15) is 5.69 Å². The first-order valence-corrected chi connectivity index (χ1v) is 6.09. The number of carbonyl (C=O) groups excluding carboxylic acids is 2. The zero-order valence-corrected chi connectivity index (χ0v) is 11.2. The summed E-state index contributed by atoms with van der Waals surface area (Å²) in [7, 11) is 1.44. The number of rotatable bonds is 4. The predicted molar refractivity (Wildman–Crippen MR) is 74.7 cm³/mol. The smallest absolute Gasteiger partial charge is 0.272 e. The van der Waals surface area contributed by atoms with Crippen LogP contribution in [0.5, 0.6) is 0 Å². The monoisotopic (exact) mass is 287 g/mol. The zero-order valence-electron chi connectivity index (χ0n) is 11.2. The van der Waals surface area contributed by atoms with Crippen molar-refractivity contribution in [3.05, 3.63) is 52.7 Å². The van der Waals surface area contributed by atoms with Crippen molar-refractivity contribution < 1.29 is 9.59 Å². The SMILES string of the molecule is Cn1nc(C(=O)NCC(=O)Nc2cccnc2)ccc1=O. The van der Waals surface area contributed by atoms with E-state index in [1.54, 1.807) is 18.3 Å². The van der Waals surface area contributed by atoms with Gasteiger partial charge >= 0.3 is 0 Å². The van der Waals surface area contributed by atoms with Crippen molar-refractivity contribution in [2.45, 2.75) is 0 Å². The van der Waals surface area contributed by atoms with Crippen LogP contribution in [0.1, 0.15) is 10.5 Å². The Morgan fingerprint density at radius 1 is 1.29 bits per heavy atom. The van der Waals surface area contributed by atoms with Crippen molar-refractivity contribution in [1.82, 2.24) is 20.1 Å². The molecule has 0 aliphatic carbocycles. The van der Waals surface area contributed by atoms with Crippen LogP contribution in [-0.2, 0) is 11.8 Å². The number of carbonyl (C=O) groups is 2. The highest BCUT2D eigenvalue weighted by atomic mass is 16.2. The first kappa shape index (κ1) is 14.4. The van der Waals surface area contributed by atoms with Crippen LogP contribution < -0.4 is 16.2 Å². The van der Waals surface area contributed by atoms with E-state index in [1.807, 2.05) is 0 Å². The fraction of sp³-hybridized carbons (Fsp3) is 0.154. The molecule has 2 aromatic heterocycles. The zero-order chi connectivity index (χ0) is 15.2. The van der Waals surface area contributed by atoms with Crippen LogP contribution in [0.4, 0.5) is 5.69 Å². The third-order valence-electron chi connectivity index (χ3n) is 2.55. The van der Waals surface area contributed by atoms with Gasteiger partial charge in [0.25, 0.3) is 11.5 Å². The van der Waals surface area contributed by atoms with E-state index in [2.05, 4.69) is 20.7 Å². The third-order valence-corrected chi connectivity index (χ3v) is 2.55. The quantitative estimate of drug-likeness (QED) is 0.791. The summed E-state index contributed by atoms with van der Waals surface area (Å²) < 4.78 is 1.05. The van der Waals surface area contributed by atoms with E-state index in [0.29, 0.717) is 5.69 Å². The summed E-state index contributed by atoms with van der Waals surface area (Å²) in [6.07, 6.45) is 3.08. The van der Waals surface area contributed by atoms with Gasteiger partial charge in [0.05, 0.1) is 18.4 Å². The minimum absolute atomic E-state index is 0.0614. The Labute approximate surface area is 119 Å². The molecule has 21 heavy (non-hydrogen) atoms. The topological polar surface area (TPSA) is 106 Å². The Hall–Kier alpha value is -3.03. The third kappa shape index (κ3) is 3.96. The number of aryl methyl sites for hydroxylation is 1. The molecule has 0 spiro atoms. The predicted octanol–water partition coefficient (Wildman–Crippen LogP) is -0.456. The average molecular weight is 287 g/mol. The number of nitrogens with zero attached hydrogens (tertiary/aromatic N) is 3. The molecular formula is C13H13N5O3. The largest absolute Gasteiger partial charge is 0.342 e. The van der Waals surface area contributed by atoms with Gasteiger partial charge in [-0.15, -0.1) is 0 Å². The minimum Gasteiger partial charge on any atom is -0.342 e. The Morgan fingerprint density at radius 2 is 2.10 bits per heavy atom. The van der Waals surface area contributed by atoms with Crippen molar-refractivity contribution in [3.8, 4) is 0 Å². The van der Waals surface area contributed by atoms with Crippen molar-refractivity contribution in [2.75, 3.05) is 11.9 Å². The minimum atomic E-state index is -0.535. The van der Waals surface area contributed by atoms with Gasteiger partial charge in [-0.25, -0.2) is 4.68 Å². The Kier molecular flexibility index (Phi) is 4.39. The molecule has 0 radical (unpaired) electrons. The number of nitrogens with one attached hydrogen (secondary N) is 2. The van der Waals surface area contributed by atoms with E-state index in [4.69, 9.17) is 0 Å². The number of amides is 2. The van der Waals surface area contributed by atoms with Gasteiger partial charge < -0.3 is 10.6 Å². The molecule has 0 aromatic carbocycles. The van der Waals surface area contributed by atoms with Crippen molar-refractivity contribution in [3.63, 3.8) is 0 Å². The average Bonchev–Trinajstić information content (AvgIpc) is 2.48. The fourth-order valence-electron chi connectivity index (χ4n) is 1.52. The molecular weight excluding hydrogens is 274 g/mol. The van der Waals surface area contributed by atoms with Crippen LogP contribution in [0.25, 0.3) is 0 Å². The van der Waals surface area contributed by atoms with Crippen molar-refractivity contribution >= 4 is 17.5 Å². The highest BCUT2D eigenvalue weighted by Gasteiger charge is 2.10. The molecule has 0 saturated heterocycles. The number of hydrogen-bond donors (Lipinski definition) is 2. The molecule has 2 aromatic rings. The van der Waals surface area contributed by atoms with Crippen LogP contribution in [0, 0.1) is 0 Å². The summed E-state index contributed by atoms with van der Waals surface area (Å²) in [4.78, 5) is 38.4. The molecule has 0 atom stereocenters. The Morgan fingerprint density at radius 3 is 2.76 bits per heavy atom. The molecule has 8 heteroatoms. The summed E-state index contributed by atoms with van der Waals surface area (Å²) in [5, 5.41) is 8.78. The van der Waals surface area contributed by atoms with Crippen LogP contribution in [0.15, 0.2) is 41.5 Å². The van der Waals surface area contributed by atoms with E-state index >= 15 is 0 Å². The van der Waals surface area contributed by atoms with Crippen molar-refractivity contribution in [1.29, 1.82) is 0 Å². The maximum atomic E-state index is 11.8. The lowest BCUT2D eigenvalue weighted by molar-refractivity contribution is -0.115. The van der Waals surface area contributed by atoms with Crippen LogP contribution in [-0.4, -0.2) is 33.1 Å². The van der Waals surface area contributed by atoms with Crippen LogP contribution in [0.3, 0.4) is 0 Å². The summed E-state index contributed by atoms with van der Waals surface area (Å²) >= 11 is 0. The van der Waals surface area contributed by atoms with Gasteiger partial charge in [0, 0.05) is 19.3 Å². The molecule has 0 unspecified atom stereocenters. The molecule has 8 nitrogen and oxygen atoms in total. The van der Waals surface area contributed by atoms with Gasteiger partial charge in [0.2, 0.25) is 5.91 Å². The van der Waals surface area contributed by atoms with Crippen LogP contribution >= 0.6 is 0 Å². The first-order chi connectivity index (χ1) is 10.1. The lowest BCUT2D eigenvalue weighted by atomic mass is 10.3. The van der Waals surface area contributed by atoms with E-state index in [1.165, 1.54) is 25.4 Å². The standard InChI is InChI=1S/C13H13N5O3/c1-18-12(20)5-4-10(17-18)13(21)15-8-11(19)16-9-3-2-6-14-7-9/h2-7H,8H2,1H3,(H,15,21)(H,16,19). The van der Waals surface area contributed by atoms with Crippen molar-refractivity contribution in [2.24, 2.45) is 7.05 Å². The lowest BCUT2D eigenvalue weighted by Crippen LogP contribution is -2.34. The first-order valence-electron chi connectivity index (χ1n) is 6.09. The molecule has 2 N–H and O–H groups in total. The molecule has 0 fully saturated rings. The number of anilines is 1. The second kappa shape index (κ2) is 6.42. The van der Waals surface area contributed by atoms with Gasteiger partial charge in [-0.3, -0.25) is 19.4 Å². The molecule has 0 aliphatic heterocycles. The van der Waals surface area contributed by atoms with E-state index in [0.717, 1.165) is 4.68 Å². The fourth-order valence-corrected chi connectivity index (χ4v) is 1.52. The molecule has 2 rings (SSSR count). The summed E-state index contributed by atoms with van der Waals surface area (Å²) in [5.74, 6) is -0.923. The second-order valence-corrected chi connectivity index (χ2v) is 4.15. The molecule has 0 bridgehead atoms. The maximum Gasteiger partial charge on any atom is 0.272 e. The molecule has 0 aliphatic rings. The summed E-state index contributed by atoms with van der Waals surface area (Å²) in [6.45, 7) is -0.210. The molecule has 108 valence electrons. The normalized spacial score (nSPS) is 9.95. The van der Waals surface area contributed by atoms with Gasteiger partial charge in [-0.1, -0.05) is 0 Å². The van der Waals surface area contributed by atoms with Crippen LogP contribution in [0.2, 0.25) is 0 Å². The lowest BCUT2D eigenvalue weighted by Gasteiger charge is -2.06. The highest BCUT2D eigenvalue weighted by molar-refractivity contribution is 5.98. The molecule has 0 saturated carbocycles.